The second-order valence-electron chi connectivity index (χ2n) is 9.11. The maximum Gasteiger partial charge on any atom is 0.261 e. The number of carbonyl (C=O) groups excluding carboxylic acids is 1. The average Bonchev–Trinajstić information content (AvgIpc) is 2.77. The molecule has 0 fully saturated rings. The van der Waals surface area contributed by atoms with Gasteiger partial charge in [0.2, 0.25) is 0 Å². The molecule has 0 amide bonds. The van der Waals surface area contributed by atoms with E-state index in [0.717, 1.165) is 19.4 Å². The molecule has 0 aromatic heterocycles. The van der Waals surface area contributed by atoms with Crippen LogP contribution in [0.15, 0.2) is 84.9 Å². The van der Waals surface area contributed by atoms with E-state index in [1.54, 1.807) is 0 Å². The summed E-state index contributed by atoms with van der Waals surface area (Å²) >= 11 is 0. The Morgan fingerprint density at radius 1 is 0.839 bits per heavy atom. The quantitative estimate of drug-likeness (QED) is 0.369. The Kier molecular flexibility index (Phi) is 7.60. The van der Waals surface area contributed by atoms with E-state index in [0.29, 0.717) is 12.2 Å². The Morgan fingerprint density at radius 3 is 1.81 bits per heavy atom. The van der Waals surface area contributed by atoms with E-state index in [4.69, 9.17) is 4.43 Å². The molecule has 3 nitrogen and oxygen atoms in total. The van der Waals surface area contributed by atoms with Crippen molar-refractivity contribution in [1.29, 1.82) is 0 Å². The van der Waals surface area contributed by atoms with Crippen LogP contribution in [-0.2, 0) is 11.0 Å². The van der Waals surface area contributed by atoms with Crippen molar-refractivity contribution < 1.29 is 9.22 Å². The van der Waals surface area contributed by atoms with Gasteiger partial charge in [-0.3, -0.25) is 9.69 Å². The minimum absolute atomic E-state index is 0.0149. The maximum atomic E-state index is 10.9. The van der Waals surface area contributed by atoms with Crippen LogP contribution in [-0.4, -0.2) is 39.7 Å². The van der Waals surface area contributed by atoms with Gasteiger partial charge >= 0.3 is 0 Å². The Labute approximate surface area is 187 Å². The van der Waals surface area contributed by atoms with Crippen molar-refractivity contribution in [2.24, 2.45) is 0 Å². The highest BCUT2D eigenvalue weighted by atomic mass is 28.4. The van der Waals surface area contributed by atoms with Crippen molar-refractivity contribution in [2.75, 3.05) is 20.2 Å². The maximum absolute atomic E-state index is 10.9. The first-order valence-corrected chi connectivity index (χ1v) is 12.8. The lowest BCUT2D eigenvalue weighted by atomic mass is 10.1. The lowest BCUT2D eigenvalue weighted by molar-refractivity contribution is 0.112. The number of aldehydes is 1. The van der Waals surface area contributed by atoms with Gasteiger partial charge < -0.3 is 4.43 Å². The second-order valence-corrected chi connectivity index (χ2v) is 13.4. The number of nitrogens with zero attached hydrogens (tertiary/aromatic N) is 1. The molecule has 0 heterocycles. The lowest BCUT2D eigenvalue weighted by Gasteiger charge is -2.43. The normalized spacial score (nSPS) is 12.2. The summed E-state index contributed by atoms with van der Waals surface area (Å²) in [6.07, 6.45) is 0.880. The number of hydrogen-bond donors (Lipinski definition) is 0. The molecule has 3 rings (SSSR count). The molecule has 4 heteroatoms. The number of carbonyl (C=O) groups is 1. The summed E-state index contributed by atoms with van der Waals surface area (Å²) in [5.74, 6) is 0. The summed E-state index contributed by atoms with van der Waals surface area (Å²) in [4.78, 5) is 13.1. The molecule has 0 unspecified atom stereocenters. The van der Waals surface area contributed by atoms with Gasteiger partial charge in [0.05, 0.1) is 0 Å². The molecule has 0 aliphatic carbocycles. The summed E-state index contributed by atoms with van der Waals surface area (Å²) in [5, 5.41) is 2.60. The minimum atomic E-state index is -2.49. The second kappa shape index (κ2) is 10.2. The first-order valence-electron chi connectivity index (χ1n) is 10.8. The first-order chi connectivity index (χ1) is 14.9. The van der Waals surface area contributed by atoms with Crippen LogP contribution in [0, 0.1) is 0 Å². The third-order valence-electron chi connectivity index (χ3n) is 5.78. The average molecular weight is 432 g/mol. The van der Waals surface area contributed by atoms with Crippen molar-refractivity contribution in [2.45, 2.75) is 32.4 Å². The van der Waals surface area contributed by atoms with Crippen LogP contribution >= 0.6 is 0 Å². The molecular weight excluding hydrogens is 398 g/mol. The van der Waals surface area contributed by atoms with Crippen molar-refractivity contribution in [3.8, 4) is 0 Å². The molecule has 0 aliphatic rings. The Balaban J connectivity index is 1.80. The summed E-state index contributed by atoms with van der Waals surface area (Å²) < 4.78 is 6.96. The van der Waals surface area contributed by atoms with E-state index in [1.165, 1.54) is 15.9 Å². The molecule has 3 aromatic carbocycles. The minimum Gasteiger partial charge on any atom is -0.406 e. The Hall–Kier alpha value is -2.53. The fraction of sp³-hybridized carbons (Fsp3) is 0.296. The van der Waals surface area contributed by atoms with E-state index >= 15 is 0 Å². The molecule has 0 N–H and O–H groups in total. The molecule has 0 radical (unpaired) electrons. The Morgan fingerprint density at radius 2 is 1.35 bits per heavy atom. The molecular formula is C27H33NO2Si. The lowest BCUT2D eigenvalue weighted by Crippen LogP contribution is -2.67. The molecule has 0 spiro atoms. The van der Waals surface area contributed by atoms with Gasteiger partial charge in [0.15, 0.2) is 0 Å². The highest BCUT2D eigenvalue weighted by Crippen LogP contribution is 2.36. The van der Waals surface area contributed by atoms with Crippen LogP contribution in [0.1, 0.15) is 36.7 Å². The first kappa shape index (κ1) is 23.1. The fourth-order valence-corrected chi connectivity index (χ4v) is 8.76. The van der Waals surface area contributed by atoms with Gasteiger partial charge in [0.1, 0.15) is 6.29 Å². The highest BCUT2D eigenvalue weighted by molar-refractivity contribution is 6.99. The van der Waals surface area contributed by atoms with Gasteiger partial charge in [0.25, 0.3) is 8.32 Å². The van der Waals surface area contributed by atoms with Crippen molar-refractivity contribution in [3.05, 3.63) is 96.1 Å². The van der Waals surface area contributed by atoms with Crippen LogP contribution in [0.4, 0.5) is 0 Å². The van der Waals surface area contributed by atoms with Crippen LogP contribution in [0.2, 0.25) is 5.04 Å². The van der Waals surface area contributed by atoms with Crippen molar-refractivity contribution >= 4 is 25.0 Å². The van der Waals surface area contributed by atoms with Gasteiger partial charge in [-0.2, -0.15) is 0 Å². The van der Waals surface area contributed by atoms with Crippen LogP contribution in [0.3, 0.4) is 0 Å². The van der Waals surface area contributed by atoms with Gasteiger partial charge in [-0.05, 0) is 28.0 Å². The molecule has 31 heavy (non-hydrogen) atoms. The molecule has 3 aromatic rings. The van der Waals surface area contributed by atoms with Gasteiger partial charge in [-0.15, -0.1) is 0 Å². The number of likely N-dealkylation sites (N-methyl/N-ethyl adjacent to an activating group) is 1. The van der Waals surface area contributed by atoms with Gasteiger partial charge in [0, 0.05) is 25.3 Å². The molecule has 162 valence electrons. The smallest absolute Gasteiger partial charge is 0.261 e. The summed E-state index contributed by atoms with van der Waals surface area (Å²) in [6, 6.07) is 29.3. The largest absolute Gasteiger partial charge is 0.406 e. The van der Waals surface area contributed by atoms with Gasteiger partial charge in [-0.1, -0.05) is 106 Å². The van der Waals surface area contributed by atoms with Crippen molar-refractivity contribution in [3.63, 3.8) is 0 Å². The number of rotatable bonds is 9. The van der Waals surface area contributed by atoms with E-state index < -0.39 is 8.32 Å². The molecule has 0 atom stereocenters. The topological polar surface area (TPSA) is 29.5 Å². The monoisotopic (exact) mass is 431 g/mol. The summed E-state index contributed by atoms with van der Waals surface area (Å²) in [6.45, 7) is 9.23. The summed E-state index contributed by atoms with van der Waals surface area (Å²) in [7, 11) is -0.373. The SMILES string of the molecule is CN(CCO[Si](c1ccccc1)(c1ccccc1)C(C)(C)C)Cc1ccc(C=O)cc1. The van der Waals surface area contributed by atoms with E-state index in [-0.39, 0.29) is 5.04 Å². The highest BCUT2D eigenvalue weighted by Gasteiger charge is 2.49. The van der Waals surface area contributed by atoms with Crippen LogP contribution < -0.4 is 10.4 Å². The van der Waals surface area contributed by atoms with Gasteiger partial charge in [-0.25, -0.2) is 0 Å². The zero-order chi connectivity index (χ0) is 22.3. The number of hydrogen-bond acceptors (Lipinski definition) is 3. The van der Waals surface area contributed by atoms with E-state index in [2.05, 4.69) is 93.4 Å². The van der Waals surface area contributed by atoms with E-state index in [1.807, 2.05) is 24.3 Å². The van der Waals surface area contributed by atoms with Crippen LogP contribution in [0.5, 0.6) is 0 Å². The zero-order valence-corrected chi connectivity index (χ0v) is 20.0. The molecule has 0 saturated carbocycles. The standard InChI is InChI=1S/C27H33NO2Si/c1-27(2,3)31(25-11-7-5-8-12-25,26-13-9-6-10-14-26)30-20-19-28(4)21-23-15-17-24(22-29)18-16-23/h5-18,22H,19-21H2,1-4H3. The Bertz CT molecular complexity index is 911. The van der Waals surface area contributed by atoms with Crippen molar-refractivity contribution in [1.82, 2.24) is 4.90 Å². The molecule has 0 saturated heterocycles. The summed E-state index contributed by atoms with van der Waals surface area (Å²) in [5.41, 5.74) is 1.90. The predicted molar refractivity (Wildman–Crippen MR) is 132 cm³/mol. The predicted octanol–water partition coefficient (Wildman–Crippen LogP) is 4.51. The van der Waals surface area contributed by atoms with E-state index in [9.17, 15) is 4.79 Å². The fourth-order valence-electron chi connectivity index (χ4n) is 4.21. The third kappa shape index (κ3) is 5.39. The van der Waals surface area contributed by atoms with Crippen LogP contribution in [0.25, 0.3) is 0 Å². The zero-order valence-electron chi connectivity index (χ0n) is 19.0. The number of benzene rings is 3. The molecule has 0 aliphatic heterocycles. The molecule has 0 bridgehead atoms. The third-order valence-corrected chi connectivity index (χ3v) is 10.8.